The molecule has 0 unspecified atom stereocenters. The van der Waals surface area contributed by atoms with Crippen molar-refractivity contribution in [2.45, 2.75) is 0 Å². The summed E-state index contributed by atoms with van der Waals surface area (Å²) in [6, 6.07) is 6.30. The summed E-state index contributed by atoms with van der Waals surface area (Å²) < 4.78 is 4.90. The van der Waals surface area contributed by atoms with Crippen molar-refractivity contribution in [2.75, 3.05) is 0 Å². The van der Waals surface area contributed by atoms with Crippen molar-refractivity contribution in [1.29, 1.82) is 0 Å². The van der Waals surface area contributed by atoms with E-state index in [0.717, 1.165) is 3.01 Å². The van der Waals surface area contributed by atoms with Crippen molar-refractivity contribution in [1.82, 2.24) is 9.36 Å². The molecule has 1 aromatic heterocycles. The van der Waals surface area contributed by atoms with Gasteiger partial charge >= 0.3 is 0 Å². The molecule has 7 heteroatoms. The summed E-state index contributed by atoms with van der Waals surface area (Å²) in [5.41, 5.74) is 0.723. The number of hydrogen-bond acceptors (Lipinski definition) is 5. The third kappa shape index (κ3) is 2.29. The fourth-order valence-corrected chi connectivity index (χ4v) is 2.04. The van der Waals surface area contributed by atoms with E-state index in [1.807, 2.05) is 0 Å². The highest BCUT2D eigenvalue weighted by Gasteiger charge is 2.10. The molecule has 0 atom stereocenters. The smallest absolute Gasteiger partial charge is 0.258 e. The Bertz CT molecular complexity index is 514. The predicted octanol–water partition coefficient (Wildman–Crippen LogP) is 2.72. The van der Waals surface area contributed by atoms with Crippen LogP contribution in [0.4, 0.5) is 5.69 Å². The first kappa shape index (κ1) is 10.4. The zero-order chi connectivity index (χ0) is 10.8. The number of aromatic nitrogens is 2. The Kier molecular flexibility index (Phi) is 2.91. The van der Waals surface area contributed by atoms with Gasteiger partial charge in [-0.05, 0) is 34.1 Å². The lowest BCUT2D eigenvalue weighted by atomic mass is 10.2. The lowest BCUT2D eigenvalue weighted by Crippen LogP contribution is -1.88. The van der Waals surface area contributed by atoms with E-state index in [0.29, 0.717) is 11.4 Å². The Hall–Kier alpha value is -1.09. The number of hydrogen-bond donors (Lipinski definition) is 0. The normalized spacial score (nSPS) is 10.2. The van der Waals surface area contributed by atoms with Crippen LogP contribution in [-0.4, -0.2) is 14.3 Å². The van der Waals surface area contributed by atoms with Gasteiger partial charge in [-0.2, -0.15) is 4.37 Å². The summed E-state index contributed by atoms with van der Waals surface area (Å²) in [6.45, 7) is 0. The van der Waals surface area contributed by atoms with Gasteiger partial charge in [0.05, 0.1) is 4.92 Å². The molecule has 2 aromatic rings. The van der Waals surface area contributed by atoms with Gasteiger partial charge in [0.2, 0.25) is 0 Å². The van der Waals surface area contributed by atoms with Crippen molar-refractivity contribution >= 4 is 39.8 Å². The largest absolute Gasteiger partial charge is 0.270 e. The minimum atomic E-state index is -0.430. The lowest BCUT2D eigenvalue weighted by Gasteiger charge is -1.94. The van der Waals surface area contributed by atoms with Gasteiger partial charge in [-0.3, -0.25) is 10.1 Å². The molecule has 0 aliphatic carbocycles. The number of nitrogens with zero attached hydrogens (tertiary/aromatic N) is 3. The summed E-state index contributed by atoms with van der Waals surface area (Å²) in [6.07, 6.45) is 0. The second-order valence-electron chi connectivity index (χ2n) is 2.68. The van der Waals surface area contributed by atoms with Gasteiger partial charge in [0.15, 0.2) is 8.84 Å². The quantitative estimate of drug-likeness (QED) is 0.481. The number of nitro benzene ring substituents is 1. The molecule has 76 valence electrons. The van der Waals surface area contributed by atoms with Crippen LogP contribution in [0.25, 0.3) is 11.4 Å². The predicted molar refractivity (Wildman–Crippen MR) is 64.7 cm³/mol. The summed E-state index contributed by atoms with van der Waals surface area (Å²) in [5.74, 6) is 0.535. The molecule has 0 N–H and O–H groups in total. The summed E-state index contributed by atoms with van der Waals surface area (Å²) in [5, 5.41) is 10.6. The highest BCUT2D eigenvalue weighted by atomic mass is 127. The minimum absolute atomic E-state index is 0.0531. The van der Waals surface area contributed by atoms with Crippen LogP contribution in [0.15, 0.2) is 24.3 Å². The van der Waals surface area contributed by atoms with Crippen LogP contribution < -0.4 is 0 Å². The summed E-state index contributed by atoms with van der Waals surface area (Å²) >= 11 is 3.33. The molecule has 2 rings (SSSR count). The van der Waals surface area contributed by atoms with E-state index >= 15 is 0 Å². The first-order chi connectivity index (χ1) is 7.16. The van der Waals surface area contributed by atoms with E-state index in [-0.39, 0.29) is 5.69 Å². The Morgan fingerprint density at radius 2 is 2.27 bits per heavy atom. The van der Waals surface area contributed by atoms with E-state index in [2.05, 4.69) is 31.9 Å². The fourth-order valence-electron chi connectivity index (χ4n) is 1.08. The van der Waals surface area contributed by atoms with Crippen LogP contribution in [0.2, 0.25) is 0 Å². The molecule has 0 saturated heterocycles. The number of non-ortho nitro benzene ring substituents is 1. The van der Waals surface area contributed by atoms with Gasteiger partial charge in [-0.15, -0.1) is 0 Å². The van der Waals surface area contributed by atoms with Gasteiger partial charge in [-0.25, -0.2) is 4.98 Å². The van der Waals surface area contributed by atoms with Crippen LogP contribution in [0.5, 0.6) is 0 Å². The monoisotopic (exact) mass is 333 g/mol. The molecule has 5 nitrogen and oxygen atoms in total. The molecule has 1 heterocycles. The van der Waals surface area contributed by atoms with Crippen molar-refractivity contribution in [2.24, 2.45) is 0 Å². The molecular weight excluding hydrogens is 329 g/mol. The maximum Gasteiger partial charge on any atom is 0.270 e. The molecule has 0 saturated carbocycles. The molecular formula is C8H4IN3O2S. The number of rotatable bonds is 2. The lowest BCUT2D eigenvalue weighted by molar-refractivity contribution is -0.384. The van der Waals surface area contributed by atoms with Crippen molar-refractivity contribution in [3.8, 4) is 11.4 Å². The second kappa shape index (κ2) is 4.19. The van der Waals surface area contributed by atoms with Gasteiger partial charge in [0, 0.05) is 17.7 Å². The molecule has 0 aliphatic heterocycles. The summed E-state index contributed by atoms with van der Waals surface area (Å²) in [4.78, 5) is 14.3. The standard InChI is InChI=1S/C8H4IN3O2S/c9-8-10-7(11-15-8)5-2-1-3-6(4-5)12(13)14/h1-4H. The molecule has 0 spiro atoms. The zero-order valence-electron chi connectivity index (χ0n) is 7.25. The SMILES string of the molecule is O=[N+]([O-])c1cccc(-c2nsc(I)n2)c1. The van der Waals surface area contributed by atoms with Crippen LogP contribution in [0.3, 0.4) is 0 Å². The molecule has 0 fully saturated rings. The van der Waals surface area contributed by atoms with Crippen LogP contribution >= 0.6 is 34.1 Å². The highest BCUT2D eigenvalue weighted by molar-refractivity contribution is 14.1. The molecule has 0 bridgehead atoms. The maximum atomic E-state index is 10.6. The molecule has 0 aliphatic rings. The van der Waals surface area contributed by atoms with Crippen LogP contribution in [-0.2, 0) is 0 Å². The average Bonchev–Trinajstić information content (AvgIpc) is 2.65. The molecule has 1 aromatic carbocycles. The van der Waals surface area contributed by atoms with Gasteiger partial charge in [0.1, 0.15) is 0 Å². The van der Waals surface area contributed by atoms with E-state index in [1.165, 1.54) is 23.7 Å². The molecule has 0 amide bonds. The highest BCUT2D eigenvalue weighted by Crippen LogP contribution is 2.22. The van der Waals surface area contributed by atoms with E-state index in [1.54, 1.807) is 12.1 Å². The van der Waals surface area contributed by atoms with E-state index in [4.69, 9.17) is 0 Å². The molecule has 0 radical (unpaired) electrons. The Balaban J connectivity index is 2.45. The van der Waals surface area contributed by atoms with Crippen molar-refractivity contribution in [3.05, 3.63) is 37.4 Å². The Morgan fingerprint density at radius 3 is 2.87 bits per heavy atom. The number of nitro groups is 1. The van der Waals surface area contributed by atoms with Crippen LogP contribution in [0, 0.1) is 13.1 Å². The summed E-state index contributed by atoms with van der Waals surface area (Å²) in [7, 11) is 0. The first-order valence-corrected chi connectivity index (χ1v) is 5.76. The third-order valence-corrected chi connectivity index (χ3v) is 3.05. The van der Waals surface area contributed by atoms with Gasteiger partial charge < -0.3 is 0 Å². The number of benzene rings is 1. The zero-order valence-corrected chi connectivity index (χ0v) is 10.2. The number of halogens is 1. The fraction of sp³-hybridized carbons (Fsp3) is 0. The Labute approximate surface area is 103 Å². The Morgan fingerprint density at radius 1 is 1.47 bits per heavy atom. The van der Waals surface area contributed by atoms with E-state index in [9.17, 15) is 10.1 Å². The molecule has 15 heavy (non-hydrogen) atoms. The van der Waals surface area contributed by atoms with Crippen LogP contribution in [0.1, 0.15) is 0 Å². The van der Waals surface area contributed by atoms with Crippen molar-refractivity contribution < 1.29 is 4.92 Å². The average molecular weight is 333 g/mol. The minimum Gasteiger partial charge on any atom is -0.258 e. The van der Waals surface area contributed by atoms with E-state index < -0.39 is 4.92 Å². The van der Waals surface area contributed by atoms with Gasteiger partial charge in [-0.1, -0.05) is 12.1 Å². The van der Waals surface area contributed by atoms with Crippen molar-refractivity contribution in [3.63, 3.8) is 0 Å². The maximum absolute atomic E-state index is 10.6. The topological polar surface area (TPSA) is 68.9 Å². The second-order valence-corrected chi connectivity index (χ2v) is 5.18. The first-order valence-electron chi connectivity index (χ1n) is 3.91. The third-order valence-electron chi connectivity index (χ3n) is 1.72. The van der Waals surface area contributed by atoms with Gasteiger partial charge in [0.25, 0.3) is 5.69 Å².